The predicted molar refractivity (Wildman–Crippen MR) is 87.0 cm³/mol. The first-order valence-corrected chi connectivity index (χ1v) is 7.02. The number of aromatic carboxylic acids is 1. The molecule has 0 aliphatic rings. The summed E-state index contributed by atoms with van der Waals surface area (Å²) in [4.78, 5) is 15.2. The molecule has 0 unspecified atom stereocenters. The number of nitrogens with one attached hydrogen (secondary N) is 1. The normalized spacial score (nSPS) is 11.0. The molecule has 114 valence electrons. The number of nitrogens with zero attached hydrogens (tertiary/aromatic N) is 4. The number of carboxylic acids is 1. The molecule has 2 N–H and O–H groups in total. The smallest absolute Gasteiger partial charge is 0.336 e. The van der Waals surface area contributed by atoms with Gasteiger partial charge in [-0.15, -0.1) is 0 Å². The first-order valence-electron chi connectivity index (χ1n) is 6.61. The van der Waals surface area contributed by atoms with E-state index in [-0.39, 0.29) is 5.56 Å². The lowest BCUT2D eigenvalue weighted by molar-refractivity contribution is 0.0697. The van der Waals surface area contributed by atoms with Gasteiger partial charge in [0.1, 0.15) is 0 Å². The van der Waals surface area contributed by atoms with Crippen molar-refractivity contribution >= 4 is 24.4 Å². The summed E-state index contributed by atoms with van der Waals surface area (Å²) in [6.45, 7) is 0. The highest BCUT2D eigenvalue weighted by molar-refractivity contribution is 7.71. The Morgan fingerprint density at radius 3 is 2.74 bits per heavy atom. The van der Waals surface area contributed by atoms with Crippen molar-refractivity contribution in [2.45, 2.75) is 0 Å². The minimum absolute atomic E-state index is 0.164. The Kier molecular flexibility index (Phi) is 4.07. The van der Waals surface area contributed by atoms with E-state index in [1.807, 2.05) is 0 Å². The lowest BCUT2D eigenvalue weighted by Crippen LogP contribution is -2.02. The van der Waals surface area contributed by atoms with Gasteiger partial charge >= 0.3 is 5.97 Å². The molecular formula is C15H11N5O2S. The number of hydrogen-bond acceptors (Lipinski definition) is 5. The van der Waals surface area contributed by atoms with E-state index < -0.39 is 5.97 Å². The zero-order chi connectivity index (χ0) is 16.2. The first-order chi connectivity index (χ1) is 11.2. The zero-order valence-corrected chi connectivity index (χ0v) is 12.6. The van der Waals surface area contributed by atoms with Crippen molar-refractivity contribution < 1.29 is 9.90 Å². The number of carbonyl (C=O) groups is 1. The van der Waals surface area contributed by atoms with Crippen LogP contribution < -0.4 is 0 Å². The fraction of sp³-hybridized carbons (Fsp3) is 0. The highest BCUT2D eigenvalue weighted by Crippen LogP contribution is 2.16. The average Bonchev–Trinajstić information content (AvgIpc) is 2.94. The van der Waals surface area contributed by atoms with Gasteiger partial charge in [-0.1, -0.05) is 18.2 Å². The molecule has 3 rings (SSSR count). The number of H-pyrrole nitrogens is 1. The van der Waals surface area contributed by atoms with Crippen LogP contribution in [0.15, 0.2) is 53.9 Å². The molecule has 8 heteroatoms. The maximum Gasteiger partial charge on any atom is 0.336 e. The summed E-state index contributed by atoms with van der Waals surface area (Å²) < 4.78 is 1.74. The third-order valence-electron chi connectivity index (χ3n) is 3.09. The van der Waals surface area contributed by atoms with Crippen molar-refractivity contribution in [1.82, 2.24) is 19.9 Å². The monoisotopic (exact) mass is 325 g/mol. The van der Waals surface area contributed by atoms with Crippen molar-refractivity contribution in [3.63, 3.8) is 0 Å². The third-order valence-corrected chi connectivity index (χ3v) is 3.36. The van der Waals surface area contributed by atoms with E-state index >= 15 is 0 Å². The van der Waals surface area contributed by atoms with Crippen LogP contribution in [0.2, 0.25) is 0 Å². The fourth-order valence-electron chi connectivity index (χ4n) is 2.01. The Balaban J connectivity index is 2.04. The summed E-state index contributed by atoms with van der Waals surface area (Å²) in [5.41, 5.74) is 1.43. The van der Waals surface area contributed by atoms with E-state index in [0.717, 1.165) is 5.56 Å². The number of carboxylic acid groups (broad SMARTS) is 1. The van der Waals surface area contributed by atoms with Crippen LogP contribution >= 0.6 is 12.2 Å². The molecule has 0 spiro atoms. The molecule has 1 aromatic carbocycles. The summed E-state index contributed by atoms with van der Waals surface area (Å²) >= 11 is 5.17. The fourth-order valence-corrected chi connectivity index (χ4v) is 2.19. The second-order valence-corrected chi connectivity index (χ2v) is 4.92. The molecule has 0 amide bonds. The quantitative estimate of drug-likeness (QED) is 0.568. The van der Waals surface area contributed by atoms with Gasteiger partial charge in [0.2, 0.25) is 4.77 Å². The zero-order valence-electron chi connectivity index (χ0n) is 11.7. The largest absolute Gasteiger partial charge is 0.478 e. The number of aromatic nitrogens is 4. The topological polar surface area (TPSA) is 96.2 Å². The van der Waals surface area contributed by atoms with Crippen LogP contribution in [-0.2, 0) is 0 Å². The van der Waals surface area contributed by atoms with Gasteiger partial charge in [-0.25, -0.2) is 9.89 Å². The van der Waals surface area contributed by atoms with Gasteiger partial charge in [0.25, 0.3) is 0 Å². The standard InChI is InChI=1S/C15H11N5O2S/c21-14(22)12-4-2-1-3-11(12)9-17-20-13(18-19-15(20)23)10-5-7-16-8-6-10/h1-9H,(H,19,23)(H,21,22)/b17-9-. The molecule has 0 bridgehead atoms. The molecule has 0 aliphatic heterocycles. The summed E-state index contributed by atoms with van der Waals surface area (Å²) in [6.07, 6.45) is 4.72. The Morgan fingerprint density at radius 2 is 2.00 bits per heavy atom. The summed E-state index contributed by atoms with van der Waals surface area (Å²) in [5, 5.41) is 20.3. The van der Waals surface area contributed by atoms with Crippen LogP contribution in [0.1, 0.15) is 15.9 Å². The number of pyridine rings is 1. The molecular weight excluding hydrogens is 314 g/mol. The highest BCUT2D eigenvalue weighted by Gasteiger charge is 2.09. The Hall–Kier alpha value is -3.13. The van der Waals surface area contributed by atoms with E-state index in [0.29, 0.717) is 16.2 Å². The molecule has 0 radical (unpaired) electrons. The molecule has 2 heterocycles. The predicted octanol–water partition coefficient (Wildman–Crippen LogP) is 2.58. The van der Waals surface area contributed by atoms with Gasteiger partial charge in [-0.3, -0.25) is 4.98 Å². The number of hydrogen-bond donors (Lipinski definition) is 2. The van der Waals surface area contributed by atoms with Gasteiger partial charge in [0, 0.05) is 23.5 Å². The lowest BCUT2D eigenvalue weighted by atomic mass is 10.1. The van der Waals surface area contributed by atoms with E-state index in [2.05, 4.69) is 20.3 Å². The molecule has 0 atom stereocenters. The molecule has 7 nitrogen and oxygen atoms in total. The Morgan fingerprint density at radius 1 is 1.26 bits per heavy atom. The van der Waals surface area contributed by atoms with Crippen LogP contribution in [-0.4, -0.2) is 37.1 Å². The SMILES string of the molecule is O=C(O)c1ccccc1/C=N\n1c(-c2ccncc2)n[nH]c1=S. The van der Waals surface area contributed by atoms with Crippen LogP contribution in [0.5, 0.6) is 0 Å². The highest BCUT2D eigenvalue weighted by atomic mass is 32.1. The Bertz CT molecular complexity index is 930. The van der Waals surface area contributed by atoms with Gasteiger partial charge in [-0.05, 0) is 30.4 Å². The van der Waals surface area contributed by atoms with Gasteiger partial charge < -0.3 is 5.11 Å². The van der Waals surface area contributed by atoms with Gasteiger partial charge in [-0.2, -0.15) is 14.9 Å². The van der Waals surface area contributed by atoms with Crippen molar-refractivity contribution in [2.75, 3.05) is 0 Å². The minimum Gasteiger partial charge on any atom is -0.478 e. The van der Waals surface area contributed by atoms with Crippen LogP contribution in [0.3, 0.4) is 0 Å². The summed E-state index contributed by atoms with van der Waals surface area (Å²) in [7, 11) is 0. The maximum atomic E-state index is 11.2. The van der Waals surface area contributed by atoms with Crippen LogP contribution in [0.25, 0.3) is 11.4 Å². The van der Waals surface area contributed by atoms with Crippen LogP contribution in [0, 0.1) is 4.77 Å². The van der Waals surface area contributed by atoms with Crippen molar-refractivity contribution in [2.24, 2.45) is 5.10 Å². The lowest BCUT2D eigenvalue weighted by Gasteiger charge is -2.02. The third kappa shape index (κ3) is 3.06. The van der Waals surface area contributed by atoms with Gasteiger partial charge in [0.15, 0.2) is 5.82 Å². The van der Waals surface area contributed by atoms with Crippen LogP contribution in [0.4, 0.5) is 0 Å². The molecule has 0 aliphatic carbocycles. The van der Waals surface area contributed by atoms with E-state index in [1.54, 1.807) is 42.7 Å². The molecule has 3 aromatic rings. The number of aromatic amines is 1. The molecule has 23 heavy (non-hydrogen) atoms. The molecule has 0 saturated heterocycles. The summed E-state index contributed by atoms with van der Waals surface area (Å²) in [6, 6.07) is 10.1. The van der Waals surface area contributed by atoms with E-state index in [1.165, 1.54) is 17.0 Å². The maximum absolute atomic E-state index is 11.2. The molecule has 0 fully saturated rings. The Labute approximate surface area is 136 Å². The minimum atomic E-state index is -1.02. The van der Waals surface area contributed by atoms with Crippen molar-refractivity contribution in [3.05, 3.63) is 64.7 Å². The summed E-state index contributed by atoms with van der Waals surface area (Å²) in [5.74, 6) is -0.501. The van der Waals surface area contributed by atoms with E-state index in [4.69, 9.17) is 12.2 Å². The van der Waals surface area contributed by atoms with Gasteiger partial charge in [0.05, 0.1) is 11.8 Å². The average molecular weight is 325 g/mol. The second kappa shape index (κ2) is 6.32. The first kappa shape index (κ1) is 14.8. The van der Waals surface area contributed by atoms with Crippen molar-refractivity contribution in [1.29, 1.82) is 0 Å². The molecule has 0 saturated carbocycles. The number of benzene rings is 1. The number of rotatable bonds is 4. The molecule has 2 aromatic heterocycles. The van der Waals surface area contributed by atoms with E-state index in [9.17, 15) is 9.90 Å². The van der Waals surface area contributed by atoms with Crippen molar-refractivity contribution in [3.8, 4) is 11.4 Å². The second-order valence-electron chi connectivity index (χ2n) is 4.54.